The Kier molecular flexibility index (Phi) is 6.44. The molecule has 3 heteroatoms. The summed E-state index contributed by atoms with van der Waals surface area (Å²) in [5.41, 5.74) is 1.13. The summed E-state index contributed by atoms with van der Waals surface area (Å²) in [5, 5.41) is 7.94. The predicted octanol–water partition coefficient (Wildman–Crippen LogP) is 3.69. The molecule has 2 rings (SSSR count). The highest BCUT2D eigenvalue weighted by Gasteiger charge is 2.02. The molecule has 2 aromatic rings. The van der Waals surface area contributed by atoms with Crippen molar-refractivity contribution < 1.29 is 4.79 Å². The van der Waals surface area contributed by atoms with Gasteiger partial charge in [-0.2, -0.15) is 0 Å². The van der Waals surface area contributed by atoms with Crippen LogP contribution in [0.1, 0.15) is 26.3 Å². The van der Waals surface area contributed by atoms with Crippen LogP contribution in [-0.4, -0.2) is 12.6 Å². The van der Waals surface area contributed by atoms with Crippen LogP contribution in [0.3, 0.4) is 0 Å². The fourth-order valence-corrected chi connectivity index (χ4v) is 1.85. The van der Waals surface area contributed by atoms with Gasteiger partial charge >= 0.3 is 6.03 Å². The highest BCUT2D eigenvalue weighted by Crippen LogP contribution is 2.17. The number of fused-ring (bicyclic) bond motifs is 1. The molecule has 0 bridgehead atoms. The number of rotatable bonds is 3. The number of carbonyl (C=O) groups excluding carboxylic acids is 1. The molecule has 0 fully saturated rings. The second-order valence-corrected chi connectivity index (χ2v) is 3.85. The minimum absolute atomic E-state index is 0.125. The molecule has 3 nitrogen and oxygen atoms in total. The Morgan fingerprint density at radius 1 is 1.00 bits per heavy atom. The van der Waals surface area contributed by atoms with Gasteiger partial charge in [0, 0.05) is 13.1 Å². The van der Waals surface area contributed by atoms with E-state index in [1.807, 2.05) is 45.0 Å². The smallest absolute Gasteiger partial charge is 0.315 e. The van der Waals surface area contributed by atoms with Gasteiger partial charge in [0.25, 0.3) is 0 Å². The second-order valence-electron chi connectivity index (χ2n) is 3.85. The zero-order valence-electron chi connectivity index (χ0n) is 11.9. The van der Waals surface area contributed by atoms with E-state index >= 15 is 0 Å². The lowest BCUT2D eigenvalue weighted by Crippen LogP contribution is -2.34. The third-order valence-electron chi connectivity index (χ3n) is 2.66. The number of nitrogens with one attached hydrogen (secondary N) is 2. The van der Waals surface area contributed by atoms with Gasteiger partial charge in [0.15, 0.2) is 0 Å². The number of benzene rings is 2. The molecule has 2 amide bonds. The van der Waals surface area contributed by atoms with Crippen molar-refractivity contribution in [2.24, 2.45) is 0 Å². The number of amides is 2. The number of hydrogen-bond donors (Lipinski definition) is 2. The Bertz CT molecular complexity index is 518. The first-order chi connectivity index (χ1) is 9.31. The second kappa shape index (κ2) is 8.14. The van der Waals surface area contributed by atoms with Gasteiger partial charge < -0.3 is 10.6 Å². The van der Waals surface area contributed by atoms with Gasteiger partial charge in [0.05, 0.1) is 0 Å². The van der Waals surface area contributed by atoms with Gasteiger partial charge in [0.1, 0.15) is 0 Å². The minimum Gasteiger partial charge on any atom is -0.338 e. The summed E-state index contributed by atoms with van der Waals surface area (Å²) >= 11 is 0. The molecular weight excluding hydrogens is 236 g/mol. The molecule has 0 heterocycles. The lowest BCUT2D eigenvalue weighted by Gasteiger charge is -2.08. The Labute approximate surface area is 115 Å². The van der Waals surface area contributed by atoms with E-state index in [0.717, 1.165) is 5.56 Å². The van der Waals surface area contributed by atoms with E-state index in [1.165, 1.54) is 10.8 Å². The average molecular weight is 258 g/mol. The summed E-state index contributed by atoms with van der Waals surface area (Å²) in [7, 11) is 0. The van der Waals surface area contributed by atoms with Crippen molar-refractivity contribution >= 4 is 16.8 Å². The molecule has 0 unspecified atom stereocenters. The monoisotopic (exact) mass is 258 g/mol. The number of urea groups is 1. The van der Waals surface area contributed by atoms with Crippen LogP contribution in [0.25, 0.3) is 10.8 Å². The zero-order chi connectivity index (χ0) is 14.1. The number of carbonyl (C=O) groups is 1. The lowest BCUT2D eigenvalue weighted by atomic mass is 10.0. The molecule has 102 valence electrons. The maximum atomic E-state index is 11.3. The van der Waals surface area contributed by atoms with Crippen molar-refractivity contribution in [3.05, 3.63) is 48.0 Å². The van der Waals surface area contributed by atoms with E-state index < -0.39 is 0 Å². The van der Waals surface area contributed by atoms with Crippen molar-refractivity contribution in [2.75, 3.05) is 6.54 Å². The summed E-state index contributed by atoms with van der Waals surface area (Å²) in [6.45, 7) is 7.09. The van der Waals surface area contributed by atoms with E-state index in [2.05, 4.69) is 28.8 Å². The van der Waals surface area contributed by atoms with E-state index in [0.29, 0.717) is 13.1 Å². The van der Waals surface area contributed by atoms with Crippen LogP contribution >= 0.6 is 0 Å². The SMILES string of the molecule is CC.CCNC(=O)NCc1cccc2ccccc12. The van der Waals surface area contributed by atoms with E-state index in [-0.39, 0.29) is 6.03 Å². The topological polar surface area (TPSA) is 41.1 Å². The molecule has 0 atom stereocenters. The van der Waals surface area contributed by atoms with Crippen molar-refractivity contribution in [3.8, 4) is 0 Å². The van der Waals surface area contributed by atoms with Crippen LogP contribution in [-0.2, 0) is 6.54 Å². The van der Waals surface area contributed by atoms with Crippen LogP contribution in [0.15, 0.2) is 42.5 Å². The first kappa shape index (κ1) is 15.0. The molecule has 0 aliphatic rings. The molecule has 0 aliphatic heterocycles. The standard InChI is InChI=1S/C14H16N2O.C2H6/c1-2-15-14(17)16-10-12-8-5-7-11-6-3-4-9-13(11)12;1-2/h3-9H,2,10H2,1H3,(H2,15,16,17);1-2H3. The first-order valence-electron chi connectivity index (χ1n) is 6.79. The van der Waals surface area contributed by atoms with Crippen LogP contribution in [0.4, 0.5) is 4.79 Å². The summed E-state index contributed by atoms with van der Waals surface area (Å²) < 4.78 is 0. The Morgan fingerprint density at radius 2 is 1.68 bits per heavy atom. The fourth-order valence-electron chi connectivity index (χ4n) is 1.85. The third kappa shape index (κ3) is 4.28. The van der Waals surface area contributed by atoms with Crippen LogP contribution < -0.4 is 10.6 Å². The summed E-state index contributed by atoms with van der Waals surface area (Å²) in [5.74, 6) is 0. The van der Waals surface area contributed by atoms with Gasteiger partial charge in [0.2, 0.25) is 0 Å². The Morgan fingerprint density at radius 3 is 2.42 bits per heavy atom. The van der Waals surface area contributed by atoms with Gasteiger partial charge in [-0.15, -0.1) is 0 Å². The highest BCUT2D eigenvalue weighted by atomic mass is 16.2. The van der Waals surface area contributed by atoms with E-state index in [4.69, 9.17) is 0 Å². The van der Waals surface area contributed by atoms with Crippen LogP contribution in [0, 0.1) is 0 Å². The maximum Gasteiger partial charge on any atom is 0.315 e. The Balaban J connectivity index is 0.000000861. The zero-order valence-corrected chi connectivity index (χ0v) is 11.9. The van der Waals surface area contributed by atoms with Gasteiger partial charge in [-0.05, 0) is 23.3 Å². The molecule has 2 aromatic carbocycles. The molecule has 19 heavy (non-hydrogen) atoms. The largest absolute Gasteiger partial charge is 0.338 e. The van der Waals surface area contributed by atoms with Gasteiger partial charge in [-0.1, -0.05) is 56.3 Å². The molecule has 0 aliphatic carbocycles. The molecule has 0 aromatic heterocycles. The molecule has 0 spiro atoms. The first-order valence-corrected chi connectivity index (χ1v) is 6.79. The van der Waals surface area contributed by atoms with E-state index in [1.54, 1.807) is 0 Å². The van der Waals surface area contributed by atoms with Crippen molar-refractivity contribution in [2.45, 2.75) is 27.3 Å². The van der Waals surface area contributed by atoms with Crippen LogP contribution in [0.2, 0.25) is 0 Å². The van der Waals surface area contributed by atoms with Crippen molar-refractivity contribution in [1.29, 1.82) is 0 Å². The van der Waals surface area contributed by atoms with Crippen molar-refractivity contribution in [3.63, 3.8) is 0 Å². The molecule has 2 N–H and O–H groups in total. The van der Waals surface area contributed by atoms with Crippen LogP contribution in [0.5, 0.6) is 0 Å². The quantitative estimate of drug-likeness (QED) is 0.866. The molecule has 0 saturated heterocycles. The molecule has 0 radical (unpaired) electrons. The third-order valence-corrected chi connectivity index (χ3v) is 2.66. The van der Waals surface area contributed by atoms with Crippen molar-refractivity contribution in [1.82, 2.24) is 10.6 Å². The van der Waals surface area contributed by atoms with E-state index in [9.17, 15) is 4.79 Å². The maximum absolute atomic E-state index is 11.3. The van der Waals surface area contributed by atoms with Gasteiger partial charge in [-0.25, -0.2) is 4.79 Å². The molecular formula is C16H22N2O. The number of hydrogen-bond acceptors (Lipinski definition) is 1. The predicted molar refractivity (Wildman–Crippen MR) is 81.2 cm³/mol. The summed E-state index contributed by atoms with van der Waals surface area (Å²) in [6.07, 6.45) is 0. The molecule has 0 saturated carbocycles. The normalized spacial score (nSPS) is 9.42. The summed E-state index contributed by atoms with van der Waals surface area (Å²) in [6, 6.07) is 14.2. The Hall–Kier alpha value is -2.03. The summed E-state index contributed by atoms with van der Waals surface area (Å²) in [4.78, 5) is 11.3. The average Bonchev–Trinajstić information content (AvgIpc) is 2.47. The highest BCUT2D eigenvalue weighted by molar-refractivity contribution is 5.86. The fraction of sp³-hybridized carbons (Fsp3) is 0.312. The lowest BCUT2D eigenvalue weighted by molar-refractivity contribution is 0.241. The van der Waals surface area contributed by atoms with Gasteiger partial charge in [-0.3, -0.25) is 0 Å². The minimum atomic E-state index is -0.125.